The number of hydrogen-bond acceptors (Lipinski definition) is 3. The molecule has 4 heteroatoms. The molecule has 1 spiro atoms. The number of allylic oxidation sites excluding steroid dienone is 1. The van der Waals surface area contributed by atoms with Gasteiger partial charge < -0.3 is 0 Å². The molecule has 0 aromatic rings. The summed E-state index contributed by atoms with van der Waals surface area (Å²) in [6.45, 7) is 4.82. The van der Waals surface area contributed by atoms with Crippen LogP contribution in [0.5, 0.6) is 0 Å². The van der Waals surface area contributed by atoms with Gasteiger partial charge in [-0.1, -0.05) is 0 Å². The van der Waals surface area contributed by atoms with E-state index in [0.717, 1.165) is 57.0 Å². The average molecular weight is 352 g/mol. The third-order valence-electron chi connectivity index (χ3n) is 9.51. The predicted octanol–water partition coefficient (Wildman–Crippen LogP) is 3.45. The molecule has 4 aliphatic carbocycles. The number of ether oxygens (including phenoxy) is 1. The second-order valence-electron chi connectivity index (χ2n) is 10.3. The Hall–Kier alpha value is -0.895. The molecular weight excluding hydrogens is 321 g/mol. The van der Waals surface area contributed by atoms with Gasteiger partial charge in [-0.05, 0) is 0 Å². The van der Waals surface area contributed by atoms with Gasteiger partial charge in [0.2, 0.25) is 0 Å². The Morgan fingerprint density at radius 3 is 2.62 bits per heavy atom. The molecule has 6 unspecified atom stereocenters. The second kappa shape index (κ2) is 5.13. The summed E-state index contributed by atoms with van der Waals surface area (Å²) in [4.78, 5) is 12.0. The Morgan fingerprint density at radius 1 is 1.12 bits per heavy atom. The summed E-state index contributed by atoms with van der Waals surface area (Å²) in [6.07, 6.45) is 12.1. The van der Waals surface area contributed by atoms with Crippen molar-refractivity contribution in [1.82, 2.24) is 0 Å². The van der Waals surface area contributed by atoms with Crippen LogP contribution in [0.4, 0.5) is 0 Å². The van der Waals surface area contributed by atoms with Crippen molar-refractivity contribution < 1.29 is 9.53 Å². The third-order valence-corrected chi connectivity index (χ3v) is 9.51. The first-order valence-corrected chi connectivity index (χ1v) is 10.5. The summed E-state index contributed by atoms with van der Waals surface area (Å²) in [5, 5.41) is 0. The van der Waals surface area contributed by atoms with Crippen LogP contribution in [-0.2, 0) is 9.53 Å². The standard InChI is InChI=1S/C22H31BNO2/c1-19-8-4-15(25)13-14(19)3-12-22(24)16(19)5-9-20(2)17(22)6-10-21(20)11-7-18(23)26-21/h3,16-17H,4-13,24H2,1-2H3. The minimum absolute atomic E-state index is 0.0908. The van der Waals surface area contributed by atoms with Gasteiger partial charge in [0.25, 0.3) is 0 Å². The molecule has 1 radical (unpaired) electrons. The van der Waals surface area contributed by atoms with Crippen molar-refractivity contribution in [3.8, 4) is 0 Å². The molecule has 0 aromatic carbocycles. The molecule has 0 aromatic heterocycles. The van der Waals surface area contributed by atoms with Gasteiger partial charge in [0.1, 0.15) is 0 Å². The normalized spacial score (nSPS) is 52.9. The Bertz CT molecular complexity index is 732. The Balaban J connectivity index is 1.55. The van der Waals surface area contributed by atoms with E-state index >= 15 is 0 Å². The zero-order chi connectivity index (χ0) is 18.4. The van der Waals surface area contributed by atoms with Crippen molar-refractivity contribution in [1.29, 1.82) is 0 Å². The van der Waals surface area contributed by atoms with Gasteiger partial charge in [0, 0.05) is 0 Å². The van der Waals surface area contributed by atoms with E-state index in [4.69, 9.17) is 18.0 Å². The van der Waals surface area contributed by atoms with E-state index in [2.05, 4.69) is 19.9 Å². The molecule has 0 amide bonds. The molecule has 1 heterocycles. The summed E-state index contributed by atoms with van der Waals surface area (Å²) in [5.41, 5.74) is 9.40. The van der Waals surface area contributed by atoms with Crippen LogP contribution in [0.3, 0.4) is 0 Å². The first-order valence-electron chi connectivity index (χ1n) is 10.5. The van der Waals surface area contributed by atoms with E-state index in [1.807, 2.05) is 0 Å². The maximum absolute atomic E-state index is 12.0. The van der Waals surface area contributed by atoms with Crippen LogP contribution >= 0.6 is 0 Å². The Kier molecular flexibility index (Phi) is 3.39. The van der Waals surface area contributed by atoms with E-state index in [1.54, 1.807) is 0 Å². The third kappa shape index (κ3) is 1.90. The number of rotatable bonds is 0. The van der Waals surface area contributed by atoms with E-state index in [1.165, 1.54) is 12.0 Å². The van der Waals surface area contributed by atoms with Gasteiger partial charge in [-0.2, -0.15) is 0 Å². The molecule has 4 fully saturated rings. The fourth-order valence-corrected chi connectivity index (χ4v) is 8.04. The second-order valence-corrected chi connectivity index (χ2v) is 10.3. The zero-order valence-corrected chi connectivity index (χ0v) is 16.3. The topological polar surface area (TPSA) is 52.3 Å². The summed E-state index contributed by atoms with van der Waals surface area (Å²) >= 11 is 0. The van der Waals surface area contributed by atoms with Crippen LogP contribution in [0.15, 0.2) is 11.6 Å². The first kappa shape index (κ1) is 17.2. The van der Waals surface area contributed by atoms with E-state index in [-0.39, 0.29) is 22.0 Å². The molecule has 5 aliphatic rings. The van der Waals surface area contributed by atoms with Crippen molar-refractivity contribution >= 4 is 18.9 Å². The summed E-state index contributed by atoms with van der Waals surface area (Å²) in [6, 6.07) is 0. The quantitative estimate of drug-likeness (QED) is 0.537. The number of nitrogens with two attached hydrogens (primary N) is 1. The summed E-state index contributed by atoms with van der Waals surface area (Å²) in [5.74, 6) is 1.37. The number of ketones is 1. The molecule has 3 saturated carbocycles. The molecule has 1 aliphatic heterocycles. The van der Waals surface area contributed by atoms with Crippen LogP contribution in [0.25, 0.3) is 0 Å². The first-order chi connectivity index (χ1) is 12.2. The molecule has 139 valence electrons. The average Bonchev–Trinajstić information content (AvgIpc) is 3.10. The minimum atomic E-state index is -0.171. The van der Waals surface area contributed by atoms with Gasteiger partial charge in [0.05, 0.1) is 0 Å². The van der Waals surface area contributed by atoms with Gasteiger partial charge >= 0.3 is 158 Å². The fourth-order valence-electron chi connectivity index (χ4n) is 8.04. The van der Waals surface area contributed by atoms with Gasteiger partial charge in [0.15, 0.2) is 0 Å². The number of hydrogen-bond donors (Lipinski definition) is 1. The van der Waals surface area contributed by atoms with Crippen molar-refractivity contribution in [2.24, 2.45) is 28.4 Å². The molecule has 0 bridgehead atoms. The summed E-state index contributed by atoms with van der Waals surface area (Å²) < 4.78 is 6.33. The summed E-state index contributed by atoms with van der Waals surface area (Å²) in [7, 11) is 6.08. The number of carbonyl (C=O) groups is 1. The van der Waals surface area contributed by atoms with Gasteiger partial charge in [-0.15, -0.1) is 0 Å². The number of carbonyl (C=O) groups excluding carboxylic acids is 1. The number of fused-ring (bicyclic) bond motifs is 6. The maximum atomic E-state index is 12.0. The van der Waals surface area contributed by atoms with Crippen LogP contribution in [0, 0.1) is 22.7 Å². The van der Waals surface area contributed by atoms with E-state index in [9.17, 15) is 4.79 Å². The van der Waals surface area contributed by atoms with Gasteiger partial charge in [-0.25, -0.2) is 0 Å². The van der Waals surface area contributed by atoms with Crippen molar-refractivity contribution in [3.05, 3.63) is 11.6 Å². The molecule has 6 atom stereocenters. The monoisotopic (exact) mass is 352 g/mol. The van der Waals surface area contributed by atoms with Crippen LogP contribution < -0.4 is 5.73 Å². The van der Waals surface area contributed by atoms with E-state index in [0.29, 0.717) is 24.0 Å². The molecular formula is C22H31BNO2. The molecule has 1 saturated heterocycles. The van der Waals surface area contributed by atoms with Crippen LogP contribution in [0.2, 0.25) is 0 Å². The van der Waals surface area contributed by atoms with Crippen LogP contribution in [0.1, 0.15) is 78.1 Å². The predicted molar refractivity (Wildman–Crippen MR) is 104 cm³/mol. The van der Waals surface area contributed by atoms with Crippen molar-refractivity contribution in [2.75, 3.05) is 0 Å². The molecule has 3 nitrogen and oxygen atoms in total. The number of Topliss-reactive ketones (excluding diaryl/α,β-unsaturated/α-hetero) is 1. The van der Waals surface area contributed by atoms with E-state index < -0.39 is 0 Å². The zero-order valence-electron chi connectivity index (χ0n) is 16.3. The van der Waals surface area contributed by atoms with Crippen molar-refractivity contribution in [3.63, 3.8) is 0 Å². The molecule has 5 rings (SSSR count). The SMILES string of the molecule is [B]=C1CCC2(CCC3C4(N)CC=C5CC(=O)CCC5(C)C4CCC32C)O1. The van der Waals surface area contributed by atoms with Crippen LogP contribution in [-0.4, -0.2) is 30.1 Å². The van der Waals surface area contributed by atoms with Gasteiger partial charge in [-0.3, -0.25) is 0 Å². The fraction of sp³-hybridized carbons (Fsp3) is 0.818. The molecule has 2 N–H and O–H groups in total. The Morgan fingerprint density at radius 2 is 1.88 bits per heavy atom. The Labute approximate surface area is 158 Å². The molecule has 26 heavy (non-hydrogen) atoms. The van der Waals surface area contributed by atoms with Crippen molar-refractivity contribution in [2.45, 2.75) is 89.2 Å².